The Labute approximate surface area is 147 Å². The molecule has 8 heteroatoms. The number of hydrogen-bond acceptors (Lipinski definition) is 5. The Morgan fingerprint density at radius 1 is 1.20 bits per heavy atom. The zero-order valence-corrected chi connectivity index (χ0v) is 14.7. The quantitative estimate of drug-likeness (QED) is 0.655. The standard InChI is InChI=1S/C17H24N4O4/c1-3-23-17(22)21-8-6-20(7-9-21)16(18-2)19-11-13-4-5-14-15(10-13)25-12-24-14/h4-5,10H,3,6-9,11-12H2,1-2H3,(H,18,19). The Morgan fingerprint density at radius 3 is 2.64 bits per heavy atom. The lowest BCUT2D eigenvalue weighted by Gasteiger charge is -2.35. The highest BCUT2D eigenvalue weighted by Crippen LogP contribution is 2.32. The van der Waals surface area contributed by atoms with Gasteiger partial charge in [0.1, 0.15) is 0 Å². The topological polar surface area (TPSA) is 75.6 Å². The number of benzene rings is 1. The predicted molar refractivity (Wildman–Crippen MR) is 92.9 cm³/mol. The first kappa shape index (κ1) is 17.2. The minimum absolute atomic E-state index is 0.245. The second kappa shape index (κ2) is 7.96. The van der Waals surface area contributed by atoms with E-state index in [2.05, 4.69) is 15.2 Å². The Hall–Kier alpha value is -2.64. The van der Waals surface area contributed by atoms with Gasteiger partial charge in [-0.3, -0.25) is 4.99 Å². The van der Waals surface area contributed by atoms with Crippen molar-refractivity contribution in [1.29, 1.82) is 0 Å². The van der Waals surface area contributed by atoms with Gasteiger partial charge in [-0.2, -0.15) is 0 Å². The van der Waals surface area contributed by atoms with Crippen molar-refractivity contribution in [1.82, 2.24) is 15.1 Å². The van der Waals surface area contributed by atoms with Gasteiger partial charge in [-0.1, -0.05) is 6.07 Å². The molecular formula is C17H24N4O4. The summed E-state index contributed by atoms with van der Waals surface area (Å²) in [5, 5.41) is 3.36. The van der Waals surface area contributed by atoms with Crippen LogP contribution in [0.2, 0.25) is 0 Å². The number of nitrogens with one attached hydrogen (secondary N) is 1. The zero-order chi connectivity index (χ0) is 17.6. The highest BCUT2D eigenvalue weighted by atomic mass is 16.7. The van der Waals surface area contributed by atoms with E-state index in [4.69, 9.17) is 14.2 Å². The molecule has 8 nitrogen and oxygen atoms in total. The summed E-state index contributed by atoms with van der Waals surface area (Å²) in [5.41, 5.74) is 1.09. The summed E-state index contributed by atoms with van der Waals surface area (Å²) in [6, 6.07) is 5.90. The molecule has 1 aromatic rings. The number of carbonyl (C=O) groups excluding carboxylic acids is 1. The molecule has 0 atom stereocenters. The summed E-state index contributed by atoms with van der Waals surface area (Å²) in [5.74, 6) is 2.38. The van der Waals surface area contributed by atoms with Gasteiger partial charge in [0, 0.05) is 39.8 Å². The number of amides is 1. The fourth-order valence-corrected chi connectivity index (χ4v) is 2.88. The minimum Gasteiger partial charge on any atom is -0.454 e. The molecule has 2 aliphatic rings. The maximum atomic E-state index is 11.8. The molecule has 0 bridgehead atoms. The second-order valence-electron chi connectivity index (χ2n) is 5.76. The molecule has 1 N–H and O–H groups in total. The molecule has 1 amide bonds. The van der Waals surface area contributed by atoms with Crippen molar-refractivity contribution in [2.75, 3.05) is 46.6 Å². The number of fused-ring (bicyclic) bond motifs is 1. The number of hydrogen-bond donors (Lipinski definition) is 1. The van der Waals surface area contributed by atoms with E-state index in [9.17, 15) is 4.79 Å². The van der Waals surface area contributed by atoms with Crippen LogP contribution in [0.5, 0.6) is 11.5 Å². The number of piperazine rings is 1. The van der Waals surface area contributed by atoms with Crippen LogP contribution < -0.4 is 14.8 Å². The molecule has 0 radical (unpaired) electrons. The molecule has 0 aromatic heterocycles. The van der Waals surface area contributed by atoms with E-state index >= 15 is 0 Å². The minimum atomic E-state index is -0.245. The molecule has 1 fully saturated rings. The molecule has 1 saturated heterocycles. The van der Waals surface area contributed by atoms with Gasteiger partial charge in [0.05, 0.1) is 6.61 Å². The van der Waals surface area contributed by atoms with Gasteiger partial charge < -0.3 is 29.3 Å². The first-order chi connectivity index (χ1) is 12.2. The molecule has 25 heavy (non-hydrogen) atoms. The number of guanidine groups is 1. The molecule has 2 heterocycles. The van der Waals surface area contributed by atoms with Gasteiger partial charge in [0.25, 0.3) is 0 Å². The normalized spacial score (nSPS) is 16.8. The van der Waals surface area contributed by atoms with Crippen LogP contribution in [0.4, 0.5) is 4.79 Å². The molecule has 0 unspecified atom stereocenters. The lowest BCUT2D eigenvalue weighted by Crippen LogP contribution is -2.53. The van der Waals surface area contributed by atoms with Gasteiger partial charge in [-0.05, 0) is 24.6 Å². The van der Waals surface area contributed by atoms with E-state index in [1.165, 1.54) is 0 Å². The SMILES string of the molecule is CCOC(=O)N1CCN(C(=NC)NCc2ccc3c(c2)OCO3)CC1. The molecule has 2 aliphatic heterocycles. The highest BCUT2D eigenvalue weighted by molar-refractivity contribution is 5.80. The summed E-state index contributed by atoms with van der Waals surface area (Å²) in [4.78, 5) is 20.0. The van der Waals surface area contributed by atoms with Gasteiger partial charge in [-0.25, -0.2) is 4.79 Å². The zero-order valence-electron chi connectivity index (χ0n) is 14.7. The van der Waals surface area contributed by atoms with Crippen LogP contribution in [0, 0.1) is 0 Å². The maximum Gasteiger partial charge on any atom is 0.409 e. The highest BCUT2D eigenvalue weighted by Gasteiger charge is 2.23. The van der Waals surface area contributed by atoms with Gasteiger partial charge in [0.15, 0.2) is 17.5 Å². The summed E-state index contributed by atoms with van der Waals surface area (Å²) >= 11 is 0. The molecule has 3 rings (SSSR count). The lowest BCUT2D eigenvalue weighted by atomic mass is 10.2. The van der Waals surface area contributed by atoms with Crippen LogP contribution in [0.25, 0.3) is 0 Å². The summed E-state index contributed by atoms with van der Waals surface area (Å²) < 4.78 is 15.8. The monoisotopic (exact) mass is 348 g/mol. The number of carbonyl (C=O) groups is 1. The summed E-state index contributed by atoms with van der Waals surface area (Å²) in [6.07, 6.45) is -0.245. The van der Waals surface area contributed by atoms with Crippen molar-refractivity contribution in [3.05, 3.63) is 23.8 Å². The van der Waals surface area contributed by atoms with E-state index < -0.39 is 0 Å². The van der Waals surface area contributed by atoms with Crippen molar-refractivity contribution in [2.45, 2.75) is 13.5 Å². The molecule has 1 aromatic carbocycles. The Kier molecular flexibility index (Phi) is 5.47. The van der Waals surface area contributed by atoms with Crippen molar-refractivity contribution in [3.8, 4) is 11.5 Å². The van der Waals surface area contributed by atoms with Crippen LogP contribution in [0.15, 0.2) is 23.2 Å². The van der Waals surface area contributed by atoms with E-state index in [0.29, 0.717) is 26.2 Å². The average molecular weight is 348 g/mol. The van der Waals surface area contributed by atoms with Crippen molar-refractivity contribution < 1.29 is 19.0 Å². The van der Waals surface area contributed by atoms with E-state index in [0.717, 1.165) is 36.1 Å². The third-order valence-corrected chi connectivity index (χ3v) is 4.20. The Bertz CT molecular complexity index is 642. The third kappa shape index (κ3) is 4.07. The number of rotatable bonds is 3. The Balaban J connectivity index is 1.51. The lowest BCUT2D eigenvalue weighted by molar-refractivity contribution is 0.0914. The molecule has 0 aliphatic carbocycles. The first-order valence-corrected chi connectivity index (χ1v) is 8.47. The van der Waals surface area contributed by atoms with E-state index in [-0.39, 0.29) is 12.9 Å². The van der Waals surface area contributed by atoms with Crippen molar-refractivity contribution in [3.63, 3.8) is 0 Å². The van der Waals surface area contributed by atoms with Crippen LogP contribution in [-0.2, 0) is 11.3 Å². The number of nitrogens with zero attached hydrogens (tertiary/aromatic N) is 3. The molecule has 0 spiro atoms. The van der Waals surface area contributed by atoms with E-state index in [1.807, 2.05) is 25.1 Å². The largest absolute Gasteiger partial charge is 0.454 e. The molecular weight excluding hydrogens is 324 g/mol. The van der Waals surface area contributed by atoms with Gasteiger partial charge in [0.2, 0.25) is 6.79 Å². The van der Waals surface area contributed by atoms with Crippen LogP contribution >= 0.6 is 0 Å². The summed E-state index contributed by atoms with van der Waals surface area (Å²) in [7, 11) is 1.76. The van der Waals surface area contributed by atoms with E-state index in [1.54, 1.807) is 11.9 Å². The molecule has 0 saturated carbocycles. The van der Waals surface area contributed by atoms with Crippen LogP contribution in [-0.4, -0.2) is 68.5 Å². The predicted octanol–water partition coefficient (Wildman–Crippen LogP) is 1.26. The van der Waals surface area contributed by atoms with Crippen molar-refractivity contribution >= 4 is 12.1 Å². The van der Waals surface area contributed by atoms with Crippen molar-refractivity contribution in [2.24, 2.45) is 4.99 Å². The third-order valence-electron chi connectivity index (χ3n) is 4.20. The summed E-state index contributed by atoms with van der Waals surface area (Å²) in [6.45, 7) is 5.83. The fraction of sp³-hybridized carbons (Fsp3) is 0.529. The van der Waals surface area contributed by atoms with Crippen LogP contribution in [0.3, 0.4) is 0 Å². The van der Waals surface area contributed by atoms with Gasteiger partial charge in [-0.15, -0.1) is 0 Å². The number of aliphatic imine (C=N–C) groups is 1. The second-order valence-corrected chi connectivity index (χ2v) is 5.76. The van der Waals surface area contributed by atoms with Crippen LogP contribution in [0.1, 0.15) is 12.5 Å². The smallest absolute Gasteiger partial charge is 0.409 e. The first-order valence-electron chi connectivity index (χ1n) is 8.47. The average Bonchev–Trinajstić information content (AvgIpc) is 3.11. The molecule has 136 valence electrons. The van der Waals surface area contributed by atoms with Gasteiger partial charge >= 0.3 is 6.09 Å². The Morgan fingerprint density at radius 2 is 1.92 bits per heavy atom. The number of ether oxygens (including phenoxy) is 3. The fourth-order valence-electron chi connectivity index (χ4n) is 2.88. The maximum absolute atomic E-state index is 11.8.